The number of rotatable bonds is 5. The van der Waals surface area contributed by atoms with E-state index in [1.165, 1.54) is 25.7 Å². The number of amides is 2. The van der Waals surface area contributed by atoms with Gasteiger partial charge in [-0.25, -0.2) is 0 Å². The summed E-state index contributed by atoms with van der Waals surface area (Å²) in [5, 5.41) is 9.87. The third-order valence-corrected chi connectivity index (χ3v) is 6.52. The number of nitrogens with one attached hydrogen (secondary N) is 3. The van der Waals surface area contributed by atoms with Crippen molar-refractivity contribution in [3.63, 3.8) is 0 Å². The smallest absolute Gasteiger partial charge is 0.223 e. The number of piperidine rings is 1. The SMILES string of the molecule is CC1CNCCC1NC(=O)C1CCC(NC(=O)CC2CCCC2)CC1. The molecule has 3 N–H and O–H groups in total. The largest absolute Gasteiger partial charge is 0.353 e. The minimum atomic E-state index is 0.130. The summed E-state index contributed by atoms with van der Waals surface area (Å²) in [5.74, 6) is 1.70. The van der Waals surface area contributed by atoms with E-state index in [4.69, 9.17) is 0 Å². The van der Waals surface area contributed by atoms with Crippen LogP contribution in [0.15, 0.2) is 0 Å². The normalized spacial score (nSPS) is 33.8. The van der Waals surface area contributed by atoms with E-state index in [1.807, 2.05) is 0 Å². The minimum Gasteiger partial charge on any atom is -0.353 e. The van der Waals surface area contributed by atoms with Crippen LogP contribution in [-0.2, 0) is 9.59 Å². The Balaban J connectivity index is 1.36. The van der Waals surface area contributed by atoms with Gasteiger partial charge in [-0.3, -0.25) is 9.59 Å². The van der Waals surface area contributed by atoms with Gasteiger partial charge < -0.3 is 16.0 Å². The van der Waals surface area contributed by atoms with Crippen LogP contribution in [0.4, 0.5) is 0 Å². The van der Waals surface area contributed by atoms with Gasteiger partial charge in [0.1, 0.15) is 0 Å². The molecule has 5 heteroatoms. The molecule has 5 nitrogen and oxygen atoms in total. The third kappa shape index (κ3) is 5.44. The monoisotopic (exact) mass is 349 g/mol. The maximum Gasteiger partial charge on any atom is 0.223 e. The van der Waals surface area contributed by atoms with Crippen LogP contribution in [0.2, 0.25) is 0 Å². The predicted molar refractivity (Wildman–Crippen MR) is 99.0 cm³/mol. The van der Waals surface area contributed by atoms with Crippen molar-refractivity contribution in [2.45, 2.75) is 83.2 Å². The summed E-state index contributed by atoms with van der Waals surface area (Å²) in [6, 6.07) is 0.591. The molecule has 2 amide bonds. The fourth-order valence-corrected chi connectivity index (χ4v) is 4.79. The zero-order chi connectivity index (χ0) is 17.6. The van der Waals surface area contributed by atoms with Gasteiger partial charge in [-0.2, -0.15) is 0 Å². The van der Waals surface area contributed by atoms with Crippen LogP contribution in [0.3, 0.4) is 0 Å². The van der Waals surface area contributed by atoms with Crippen molar-refractivity contribution in [3.8, 4) is 0 Å². The van der Waals surface area contributed by atoms with E-state index in [9.17, 15) is 9.59 Å². The van der Waals surface area contributed by atoms with Gasteiger partial charge >= 0.3 is 0 Å². The standard InChI is InChI=1S/C20H35N3O2/c1-14-13-21-11-10-18(14)23-20(25)16-6-8-17(9-7-16)22-19(24)12-15-4-2-3-5-15/h14-18,21H,2-13H2,1H3,(H,22,24)(H,23,25). The Hall–Kier alpha value is -1.10. The van der Waals surface area contributed by atoms with E-state index < -0.39 is 0 Å². The lowest BCUT2D eigenvalue weighted by molar-refractivity contribution is -0.127. The Morgan fingerprint density at radius 3 is 2.36 bits per heavy atom. The quantitative estimate of drug-likeness (QED) is 0.713. The summed E-state index contributed by atoms with van der Waals surface area (Å²) in [4.78, 5) is 24.7. The molecule has 142 valence electrons. The molecule has 0 aromatic rings. The van der Waals surface area contributed by atoms with Crippen LogP contribution in [-0.4, -0.2) is 37.0 Å². The van der Waals surface area contributed by atoms with Gasteiger partial charge in [-0.15, -0.1) is 0 Å². The van der Waals surface area contributed by atoms with Crippen LogP contribution in [0, 0.1) is 17.8 Å². The molecule has 0 radical (unpaired) electrons. The fraction of sp³-hybridized carbons (Fsp3) is 0.900. The molecule has 3 fully saturated rings. The first-order chi connectivity index (χ1) is 12.1. The Morgan fingerprint density at radius 2 is 1.68 bits per heavy atom. The highest BCUT2D eigenvalue weighted by Crippen LogP contribution is 2.28. The summed E-state index contributed by atoms with van der Waals surface area (Å²) in [5.41, 5.74) is 0. The topological polar surface area (TPSA) is 70.2 Å². The average molecular weight is 350 g/mol. The molecule has 0 aromatic heterocycles. The summed E-state index contributed by atoms with van der Waals surface area (Å²) in [6.45, 7) is 4.19. The molecule has 3 rings (SSSR count). The second kappa shape index (κ2) is 9.02. The summed E-state index contributed by atoms with van der Waals surface area (Å²) < 4.78 is 0. The molecular formula is C20H35N3O2. The van der Waals surface area contributed by atoms with Crippen LogP contribution in [0.5, 0.6) is 0 Å². The molecular weight excluding hydrogens is 314 g/mol. The molecule has 2 atom stereocenters. The van der Waals surface area contributed by atoms with E-state index in [-0.39, 0.29) is 23.8 Å². The van der Waals surface area contributed by atoms with Gasteiger partial charge in [-0.05, 0) is 69.9 Å². The van der Waals surface area contributed by atoms with Gasteiger partial charge in [0.15, 0.2) is 0 Å². The molecule has 3 aliphatic rings. The molecule has 0 aromatic carbocycles. The first kappa shape index (κ1) is 18.7. The molecule has 0 spiro atoms. The Morgan fingerprint density at radius 1 is 0.960 bits per heavy atom. The van der Waals surface area contributed by atoms with Crippen molar-refractivity contribution in [1.29, 1.82) is 0 Å². The Labute approximate surface area is 152 Å². The maximum absolute atomic E-state index is 12.6. The van der Waals surface area contributed by atoms with Gasteiger partial charge in [-0.1, -0.05) is 19.8 Å². The predicted octanol–water partition coefficient (Wildman–Crippen LogP) is 2.36. The lowest BCUT2D eigenvalue weighted by Crippen LogP contribution is -2.50. The second-order valence-electron chi connectivity index (χ2n) is 8.56. The van der Waals surface area contributed by atoms with Crippen molar-refractivity contribution in [2.24, 2.45) is 17.8 Å². The first-order valence-electron chi connectivity index (χ1n) is 10.4. The fourth-order valence-electron chi connectivity index (χ4n) is 4.79. The van der Waals surface area contributed by atoms with E-state index in [2.05, 4.69) is 22.9 Å². The van der Waals surface area contributed by atoms with Crippen LogP contribution in [0.1, 0.15) is 71.1 Å². The van der Waals surface area contributed by atoms with Crippen LogP contribution in [0.25, 0.3) is 0 Å². The third-order valence-electron chi connectivity index (χ3n) is 6.52. The molecule has 2 unspecified atom stereocenters. The summed E-state index contributed by atoms with van der Waals surface area (Å²) in [6.07, 6.45) is 10.4. The maximum atomic E-state index is 12.6. The number of carbonyl (C=O) groups is 2. The molecule has 1 aliphatic heterocycles. The molecule has 2 aliphatic carbocycles. The lowest BCUT2D eigenvalue weighted by Gasteiger charge is -2.33. The lowest BCUT2D eigenvalue weighted by atomic mass is 9.84. The Kier molecular flexibility index (Phi) is 6.74. The van der Waals surface area contributed by atoms with Crippen molar-refractivity contribution in [3.05, 3.63) is 0 Å². The highest BCUT2D eigenvalue weighted by Gasteiger charge is 2.30. The zero-order valence-corrected chi connectivity index (χ0v) is 15.7. The molecule has 0 bridgehead atoms. The average Bonchev–Trinajstić information content (AvgIpc) is 3.10. The molecule has 2 saturated carbocycles. The van der Waals surface area contributed by atoms with Gasteiger partial charge in [0.2, 0.25) is 11.8 Å². The highest BCUT2D eigenvalue weighted by molar-refractivity contribution is 5.79. The van der Waals surface area contributed by atoms with E-state index in [0.29, 0.717) is 24.3 Å². The second-order valence-corrected chi connectivity index (χ2v) is 8.56. The number of hydrogen-bond donors (Lipinski definition) is 3. The molecule has 1 saturated heterocycles. The van der Waals surface area contributed by atoms with E-state index in [1.54, 1.807) is 0 Å². The summed E-state index contributed by atoms with van der Waals surface area (Å²) >= 11 is 0. The van der Waals surface area contributed by atoms with E-state index >= 15 is 0 Å². The van der Waals surface area contributed by atoms with Crippen molar-refractivity contribution in [2.75, 3.05) is 13.1 Å². The van der Waals surface area contributed by atoms with Crippen molar-refractivity contribution in [1.82, 2.24) is 16.0 Å². The number of hydrogen-bond acceptors (Lipinski definition) is 3. The molecule has 25 heavy (non-hydrogen) atoms. The number of carbonyl (C=O) groups excluding carboxylic acids is 2. The van der Waals surface area contributed by atoms with Crippen LogP contribution >= 0.6 is 0 Å². The highest BCUT2D eigenvalue weighted by atomic mass is 16.2. The van der Waals surface area contributed by atoms with E-state index in [0.717, 1.165) is 45.2 Å². The zero-order valence-electron chi connectivity index (χ0n) is 15.7. The van der Waals surface area contributed by atoms with Gasteiger partial charge in [0.25, 0.3) is 0 Å². The van der Waals surface area contributed by atoms with Crippen molar-refractivity contribution < 1.29 is 9.59 Å². The summed E-state index contributed by atoms with van der Waals surface area (Å²) in [7, 11) is 0. The van der Waals surface area contributed by atoms with Crippen molar-refractivity contribution >= 4 is 11.8 Å². The molecule has 1 heterocycles. The minimum absolute atomic E-state index is 0.130. The van der Waals surface area contributed by atoms with Gasteiger partial charge in [0.05, 0.1) is 0 Å². The van der Waals surface area contributed by atoms with Gasteiger partial charge in [0, 0.05) is 24.4 Å². The Bertz CT molecular complexity index is 454. The first-order valence-corrected chi connectivity index (χ1v) is 10.4. The van der Waals surface area contributed by atoms with Crippen LogP contribution < -0.4 is 16.0 Å².